The molecule has 2 aromatic carbocycles. The molecule has 4 rings (SSSR count). The molecular weight excluding hydrogens is 602 g/mol. The summed E-state index contributed by atoms with van der Waals surface area (Å²) in [5.74, 6) is 1.90. The molecule has 0 spiro atoms. The number of rotatable bonds is 13. The lowest BCUT2D eigenvalue weighted by Crippen LogP contribution is -2.56. The number of para-hydroxylation sites is 1. The third-order valence-electron chi connectivity index (χ3n) is 11.5. The molecule has 9 nitrogen and oxygen atoms in total. The summed E-state index contributed by atoms with van der Waals surface area (Å²) in [6.45, 7) is 19.8. The van der Waals surface area contributed by atoms with E-state index in [2.05, 4.69) is 102 Å². The second-order valence-electron chi connectivity index (χ2n) is 15.7. The first-order chi connectivity index (χ1) is 22.6. The van der Waals surface area contributed by atoms with Gasteiger partial charge in [-0.3, -0.25) is 9.63 Å². The van der Waals surface area contributed by atoms with E-state index in [9.17, 15) is 9.90 Å². The van der Waals surface area contributed by atoms with Crippen LogP contribution in [0.1, 0.15) is 72.9 Å². The number of nitrogens with two attached hydrogens (primary N) is 1. The number of aliphatic hydroxyl groups is 1. The van der Waals surface area contributed by atoms with Gasteiger partial charge in [0.15, 0.2) is 0 Å². The second-order valence-corrected chi connectivity index (χ2v) is 15.7. The van der Waals surface area contributed by atoms with Crippen molar-refractivity contribution in [2.45, 2.75) is 99.2 Å². The Morgan fingerprint density at radius 1 is 1.17 bits per heavy atom. The number of carbonyl (C=O) groups excluding carboxylic acids is 1. The monoisotopic (exact) mass is 665 g/mol. The van der Waals surface area contributed by atoms with Gasteiger partial charge in [-0.25, -0.2) is 0 Å². The number of nitrogens with zero attached hydrogens (tertiary/aromatic N) is 2. The lowest BCUT2D eigenvalue weighted by Gasteiger charge is -2.50. The van der Waals surface area contributed by atoms with Crippen molar-refractivity contribution in [3.8, 4) is 16.9 Å². The summed E-state index contributed by atoms with van der Waals surface area (Å²) in [7, 11) is 5.79. The molecule has 268 valence electrons. The number of nitrogens with one attached hydrogen (secondary N) is 2. The largest absolute Gasteiger partial charge is 0.496 e. The molecule has 0 aromatic heterocycles. The van der Waals surface area contributed by atoms with Crippen LogP contribution in [-0.2, 0) is 22.7 Å². The number of hydrogen-bond acceptors (Lipinski definition) is 8. The van der Waals surface area contributed by atoms with Crippen LogP contribution >= 0.6 is 0 Å². The van der Waals surface area contributed by atoms with Gasteiger partial charge in [0.05, 0.1) is 25.9 Å². The summed E-state index contributed by atoms with van der Waals surface area (Å²) in [6.07, 6.45) is -0.369. The SMILES string of the molecule is COc1c(CN2O[C@@H](CN)[C@@H]([C@H](C)O)[C@H]2C(=O)N[C@H]2C[C@@H](C)C(C)(C)[C@@H](C)[C@@H]2C)cccc1-c1cc(CNCC(C)C)cc(N(C)C)c1. The van der Waals surface area contributed by atoms with Crippen molar-refractivity contribution in [1.29, 1.82) is 0 Å². The molecule has 0 unspecified atom stereocenters. The smallest absolute Gasteiger partial charge is 0.240 e. The van der Waals surface area contributed by atoms with Gasteiger partial charge in [0.1, 0.15) is 11.8 Å². The summed E-state index contributed by atoms with van der Waals surface area (Å²) >= 11 is 0. The standard InChI is InChI=1S/C39H63N5O4/c1-23(2)20-41-21-28-16-30(18-31(17-28)43(9)10)32-14-12-13-29(37(32)47-11)22-44-36(35(27(6)45)34(19-40)48-44)38(46)42-33-15-24(3)39(7,8)26(5)25(33)4/h12-14,16-18,23-27,33-36,41,45H,15,19-22,40H2,1-11H3,(H,42,46)/t24-,25+,26+,27+,33+,34+,35-,36+/m1/s1. The van der Waals surface area contributed by atoms with Crippen molar-refractivity contribution in [2.24, 2.45) is 40.7 Å². The number of carbonyl (C=O) groups is 1. The Labute approximate surface area is 289 Å². The van der Waals surface area contributed by atoms with Crippen LogP contribution in [0.25, 0.3) is 11.1 Å². The van der Waals surface area contributed by atoms with Gasteiger partial charge < -0.3 is 31.1 Å². The van der Waals surface area contributed by atoms with Crippen molar-refractivity contribution >= 4 is 11.6 Å². The molecule has 1 aliphatic heterocycles. The molecule has 8 atom stereocenters. The minimum atomic E-state index is -0.787. The average molecular weight is 666 g/mol. The molecule has 1 aliphatic carbocycles. The molecule has 1 amide bonds. The van der Waals surface area contributed by atoms with E-state index in [1.165, 1.54) is 5.56 Å². The lowest BCUT2D eigenvalue weighted by molar-refractivity contribution is -0.174. The highest BCUT2D eigenvalue weighted by Gasteiger charge is 2.51. The van der Waals surface area contributed by atoms with Crippen molar-refractivity contribution < 1.29 is 19.5 Å². The van der Waals surface area contributed by atoms with E-state index in [1.807, 2.05) is 12.1 Å². The van der Waals surface area contributed by atoms with E-state index in [1.54, 1.807) is 19.1 Å². The minimum Gasteiger partial charge on any atom is -0.496 e. The maximum atomic E-state index is 14.3. The summed E-state index contributed by atoms with van der Waals surface area (Å²) in [5, 5.41) is 19.7. The highest BCUT2D eigenvalue weighted by atomic mass is 16.7. The quantitative estimate of drug-likeness (QED) is 0.224. The number of hydrogen-bond donors (Lipinski definition) is 4. The molecule has 48 heavy (non-hydrogen) atoms. The fourth-order valence-corrected chi connectivity index (χ4v) is 7.79. The number of methoxy groups -OCH3 is 1. The van der Waals surface area contributed by atoms with Gasteiger partial charge >= 0.3 is 0 Å². The molecule has 1 saturated carbocycles. The molecule has 5 N–H and O–H groups in total. The zero-order valence-corrected chi connectivity index (χ0v) is 31.3. The van der Waals surface area contributed by atoms with Crippen molar-refractivity contribution in [3.05, 3.63) is 47.5 Å². The zero-order chi connectivity index (χ0) is 35.5. The van der Waals surface area contributed by atoms with Crippen LogP contribution in [0.15, 0.2) is 36.4 Å². The number of ether oxygens (including phenoxy) is 1. The Hall–Kier alpha value is -2.69. The first kappa shape index (κ1) is 38.1. The summed E-state index contributed by atoms with van der Waals surface area (Å²) in [5.41, 5.74) is 11.6. The van der Waals surface area contributed by atoms with Crippen molar-refractivity contribution in [1.82, 2.24) is 15.7 Å². The fraction of sp³-hybridized carbons (Fsp3) is 0.667. The molecule has 1 heterocycles. The first-order valence-corrected chi connectivity index (χ1v) is 17.9. The van der Waals surface area contributed by atoms with Gasteiger partial charge in [0.25, 0.3) is 0 Å². The molecule has 1 saturated heterocycles. The Morgan fingerprint density at radius 3 is 2.48 bits per heavy atom. The van der Waals surface area contributed by atoms with Crippen LogP contribution in [0, 0.1) is 35.0 Å². The Balaban J connectivity index is 1.67. The van der Waals surface area contributed by atoms with Gasteiger partial charge in [-0.05, 0) is 78.3 Å². The predicted molar refractivity (Wildman–Crippen MR) is 196 cm³/mol. The van der Waals surface area contributed by atoms with Crippen LogP contribution in [0.2, 0.25) is 0 Å². The van der Waals surface area contributed by atoms with Crippen LogP contribution in [0.4, 0.5) is 5.69 Å². The Bertz CT molecular complexity index is 1380. The van der Waals surface area contributed by atoms with Gasteiger partial charge in [0.2, 0.25) is 5.91 Å². The van der Waals surface area contributed by atoms with Crippen molar-refractivity contribution in [3.63, 3.8) is 0 Å². The van der Waals surface area contributed by atoms with Crippen molar-refractivity contribution in [2.75, 3.05) is 39.2 Å². The number of aliphatic hydroxyl groups excluding tert-OH is 1. The third kappa shape index (κ3) is 8.19. The predicted octanol–water partition coefficient (Wildman–Crippen LogP) is 5.44. The topological polar surface area (TPSA) is 112 Å². The Kier molecular flexibility index (Phi) is 12.6. The highest BCUT2D eigenvalue weighted by molar-refractivity contribution is 5.83. The number of hydroxylamine groups is 2. The van der Waals surface area contributed by atoms with Crippen LogP contribution in [-0.4, -0.2) is 74.7 Å². The van der Waals surface area contributed by atoms with E-state index >= 15 is 0 Å². The first-order valence-electron chi connectivity index (χ1n) is 17.9. The van der Waals surface area contributed by atoms with Gasteiger partial charge in [0, 0.05) is 56.0 Å². The molecular formula is C39H63N5O4. The lowest BCUT2D eigenvalue weighted by atomic mass is 9.58. The maximum Gasteiger partial charge on any atom is 0.240 e. The third-order valence-corrected chi connectivity index (χ3v) is 11.5. The molecule has 2 fully saturated rings. The van der Waals surface area contributed by atoms with E-state index < -0.39 is 24.2 Å². The van der Waals surface area contributed by atoms with E-state index in [0.717, 1.165) is 47.6 Å². The van der Waals surface area contributed by atoms with Gasteiger partial charge in [-0.15, -0.1) is 0 Å². The van der Waals surface area contributed by atoms with Crippen LogP contribution in [0.3, 0.4) is 0 Å². The van der Waals surface area contributed by atoms with Gasteiger partial charge in [-0.2, -0.15) is 5.06 Å². The summed E-state index contributed by atoms with van der Waals surface area (Å²) < 4.78 is 6.11. The average Bonchev–Trinajstić information content (AvgIpc) is 3.41. The van der Waals surface area contributed by atoms with E-state index in [0.29, 0.717) is 30.2 Å². The summed E-state index contributed by atoms with van der Waals surface area (Å²) in [4.78, 5) is 22.8. The number of anilines is 1. The second kappa shape index (κ2) is 15.9. The maximum absolute atomic E-state index is 14.3. The molecule has 9 heteroatoms. The van der Waals surface area contributed by atoms with E-state index in [-0.39, 0.29) is 23.9 Å². The summed E-state index contributed by atoms with van der Waals surface area (Å²) in [6, 6.07) is 12.1. The molecule has 0 radical (unpaired) electrons. The minimum absolute atomic E-state index is 0.0370. The molecule has 2 aromatic rings. The van der Waals surface area contributed by atoms with Crippen LogP contribution in [0.5, 0.6) is 5.75 Å². The zero-order valence-electron chi connectivity index (χ0n) is 31.3. The number of benzene rings is 2. The Morgan fingerprint density at radius 2 is 1.88 bits per heavy atom. The number of amides is 1. The molecule has 2 aliphatic rings. The fourth-order valence-electron chi connectivity index (χ4n) is 7.79. The van der Waals surface area contributed by atoms with Gasteiger partial charge in [-0.1, -0.05) is 66.7 Å². The van der Waals surface area contributed by atoms with E-state index in [4.69, 9.17) is 15.3 Å². The normalized spacial score (nSPS) is 28.0. The highest BCUT2D eigenvalue weighted by Crippen LogP contribution is 2.47. The molecule has 0 bridgehead atoms. The van der Waals surface area contributed by atoms with Crippen LogP contribution < -0.4 is 26.0 Å².